The summed E-state index contributed by atoms with van der Waals surface area (Å²) in [6.07, 6.45) is 6.71. The average Bonchev–Trinajstić information content (AvgIpc) is 2.86. The van der Waals surface area contributed by atoms with Crippen LogP contribution >= 0.6 is 0 Å². The molecule has 184 valence electrons. The van der Waals surface area contributed by atoms with Crippen molar-refractivity contribution in [2.75, 3.05) is 32.5 Å². The Morgan fingerprint density at radius 3 is 2.18 bits per heavy atom. The van der Waals surface area contributed by atoms with Gasteiger partial charge in [-0.1, -0.05) is 48.5 Å². The number of carbonyl (C=O) groups is 1. The lowest BCUT2D eigenvalue weighted by Gasteiger charge is -2.47. The zero-order valence-electron chi connectivity index (χ0n) is 21.3. The van der Waals surface area contributed by atoms with Gasteiger partial charge < -0.3 is 15.0 Å². The molecule has 0 aromatic heterocycles. The molecular formula is C29H41N3O2. The van der Waals surface area contributed by atoms with E-state index in [0.29, 0.717) is 18.8 Å². The third kappa shape index (κ3) is 5.54. The summed E-state index contributed by atoms with van der Waals surface area (Å²) < 4.78 is 6.20. The first-order chi connectivity index (χ1) is 16.4. The topological polar surface area (TPSA) is 44.8 Å². The maximum atomic E-state index is 13.6. The Morgan fingerprint density at radius 1 is 0.971 bits per heavy atom. The third-order valence-corrected chi connectivity index (χ3v) is 8.11. The van der Waals surface area contributed by atoms with Gasteiger partial charge in [-0.25, -0.2) is 0 Å². The molecule has 0 radical (unpaired) electrons. The van der Waals surface area contributed by atoms with Crippen LogP contribution in [0.4, 0.5) is 5.69 Å². The van der Waals surface area contributed by atoms with E-state index in [1.165, 1.54) is 18.4 Å². The normalized spacial score (nSPS) is 23.1. The number of para-hydroxylation sites is 1. The van der Waals surface area contributed by atoms with Gasteiger partial charge in [0.25, 0.3) is 0 Å². The molecule has 1 saturated carbocycles. The molecule has 4 rings (SSSR count). The zero-order valence-corrected chi connectivity index (χ0v) is 21.3. The van der Waals surface area contributed by atoms with Crippen LogP contribution in [0.1, 0.15) is 55.2 Å². The number of ether oxygens (including phenoxy) is 1. The second-order valence-corrected chi connectivity index (χ2v) is 10.4. The molecule has 0 bridgehead atoms. The molecule has 34 heavy (non-hydrogen) atoms. The van der Waals surface area contributed by atoms with E-state index in [9.17, 15) is 4.79 Å². The number of carbonyl (C=O) groups excluding carboxylic acids is 1. The van der Waals surface area contributed by atoms with Gasteiger partial charge >= 0.3 is 0 Å². The van der Waals surface area contributed by atoms with E-state index >= 15 is 0 Å². The minimum absolute atomic E-state index is 0.132. The molecule has 1 aliphatic carbocycles. The second kappa shape index (κ2) is 11.0. The summed E-state index contributed by atoms with van der Waals surface area (Å²) in [5.74, 6) is 0.132. The van der Waals surface area contributed by atoms with Crippen molar-refractivity contribution in [3.05, 3.63) is 65.2 Å². The van der Waals surface area contributed by atoms with Crippen molar-refractivity contribution in [3.8, 4) is 0 Å². The highest BCUT2D eigenvalue weighted by atomic mass is 16.5. The second-order valence-electron chi connectivity index (χ2n) is 10.4. The summed E-state index contributed by atoms with van der Waals surface area (Å²) in [4.78, 5) is 18.3. The molecule has 0 unspecified atom stereocenters. The van der Waals surface area contributed by atoms with Crippen molar-refractivity contribution in [1.82, 2.24) is 9.80 Å². The molecule has 2 aromatic carbocycles. The summed E-state index contributed by atoms with van der Waals surface area (Å²) in [7, 11) is 4.10. The number of aryl methyl sites for hydroxylation is 2. The number of hydrogen-bond acceptors (Lipinski definition) is 4. The largest absolute Gasteiger partial charge is 0.374 e. The molecule has 2 fully saturated rings. The number of nitrogens with zero attached hydrogens (tertiary/aromatic N) is 2. The van der Waals surface area contributed by atoms with Gasteiger partial charge in [-0.15, -0.1) is 0 Å². The van der Waals surface area contributed by atoms with Gasteiger partial charge in [0.2, 0.25) is 5.91 Å². The fraction of sp³-hybridized carbons (Fsp3) is 0.552. The Balaban J connectivity index is 1.30. The molecule has 1 N–H and O–H groups in total. The van der Waals surface area contributed by atoms with Crippen molar-refractivity contribution < 1.29 is 9.53 Å². The number of hydrogen-bond donors (Lipinski definition) is 1. The van der Waals surface area contributed by atoms with Gasteiger partial charge in [0.15, 0.2) is 0 Å². The van der Waals surface area contributed by atoms with E-state index in [2.05, 4.69) is 79.5 Å². The van der Waals surface area contributed by atoms with Gasteiger partial charge in [-0.3, -0.25) is 9.69 Å². The predicted molar refractivity (Wildman–Crippen MR) is 139 cm³/mol. The van der Waals surface area contributed by atoms with Gasteiger partial charge in [0.1, 0.15) is 5.54 Å². The highest BCUT2D eigenvalue weighted by Crippen LogP contribution is 2.34. The molecule has 0 atom stereocenters. The molecule has 1 heterocycles. The molecule has 5 heteroatoms. The summed E-state index contributed by atoms with van der Waals surface area (Å²) in [6, 6.07) is 17.2. The molecule has 0 spiro atoms. The Bertz CT molecular complexity index is 923. The first kappa shape index (κ1) is 24.9. The van der Waals surface area contributed by atoms with E-state index in [1.54, 1.807) is 0 Å². The first-order valence-corrected chi connectivity index (χ1v) is 12.8. The summed E-state index contributed by atoms with van der Waals surface area (Å²) in [5.41, 5.74) is 3.99. The van der Waals surface area contributed by atoms with Gasteiger partial charge in [-0.2, -0.15) is 0 Å². The van der Waals surface area contributed by atoms with Crippen LogP contribution in [0.5, 0.6) is 0 Å². The monoisotopic (exact) mass is 463 g/mol. The molecule has 1 saturated heterocycles. The van der Waals surface area contributed by atoms with Crippen LogP contribution in [-0.4, -0.2) is 60.6 Å². The van der Waals surface area contributed by atoms with Crippen LogP contribution < -0.4 is 5.32 Å². The summed E-state index contributed by atoms with van der Waals surface area (Å²) in [6.45, 7) is 6.78. The van der Waals surface area contributed by atoms with E-state index < -0.39 is 5.54 Å². The third-order valence-electron chi connectivity index (χ3n) is 8.11. The molecule has 1 amide bonds. The highest BCUT2D eigenvalue weighted by Gasteiger charge is 2.44. The number of amides is 1. The zero-order chi connectivity index (χ0) is 24.1. The maximum absolute atomic E-state index is 13.6. The maximum Gasteiger partial charge on any atom is 0.244 e. The molecule has 2 aliphatic rings. The summed E-state index contributed by atoms with van der Waals surface area (Å²) >= 11 is 0. The van der Waals surface area contributed by atoms with Crippen molar-refractivity contribution in [2.45, 2.75) is 76.7 Å². The van der Waals surface area contributed by atoms with Crippen LogP contribution in [0.3, 0.4) is 0 Å². The standard InChI is InChI=1S/C29H41N3O2/c1-22-9-8-10-23(2)27(22)30-28(33)29(31(3)4)17-19-32(20-18-29)25-13-15-26(16-14-25)34-21-24-11-6-5-7-12-24/h5-12,25-26H,13-21H2,1-4H3,(H,30,33)/t25-,26-. The number of likely N-dealkylation sites (tertiary alicyclic amines) is 1. The van der Waals surface area contributed by atoms with E-state index in [0.717, 1.165) is 55.6 Å². The lowest BCUT2D eigenvalue weighted by atomic mass is 9.82. The van der Waals surface area contributed by atoms with Crippen molar-refractivity contribution in [1.29, 1.82) is 0 Å². The average molecular weight is 464 g/mol. The van der Waals surface area contributed by atoms with Crippen LogP contribution in [0.15, 0.2) is 48.5 Å². The number of likely N-dealkylation sites (N-methyl/N-ethyl adjacent to an activating group) is 1. The van der Waals surface area contributed by atoms with Gasteiger partial charge in [0, 0.05) is 24.8 Å². The first-order valence-electron chi connectivity index (χ1n) is 12.8. The van der Waals surface area contributed by atoms with Crippen LogP contribution in [0, 0.1) is 13.8 Å². The quantitative estimate of drug-likeness (QED) is 0.616. The van der Waals surface area contributed by atoms with Crippen molar-refractivity contribution in [2.24, 2.45) is 0 Å². The number of rotatable bonds is 7. The molecule has 1 aliphatic heterocycles. The SMILES string of the molecule is Cc1cccc(C)c1NC(=O)C1(N(C)C)CCN([C@H]2CC[C@H](OCc3ccccc3)CC2)CC1. The molecule has 5 nitrogen and oxygen atoms in total. The van der Waals surface area contributed by atoms with Crippen molar-refractivity contribution >= 4 is 11.6 Å². The molecular weight excluding hydrogens is 422 g/mol. The smallest absolute Gasteiger partial charge is 0.244 e. The lowest BCUT2D eigenvalue weighted by molar-refractivity contribution is -0.130. The lowest BCUT2D eigenvalue weighted by Crippen LogP contribution is -2.60. The Kier molecular flexibility index (Phi) is 8.07. The van der Waals surface area contributed by atoms with E-state index in [1.807, 2.05) is 12.1 Å². The van der Waals surface area contributed by atoms with Crippen LogP contribution in [-0.2, 0) is 16.1 Å². The van der Waals surface area contributed by atoms with Gasteiger partial charge in [0.05, 0.1) is 12.7 Å². The van der Waals surface area contributed by atoms with Gasteiger partial charge in [-0.05, 0) is 83.2 Å². The minimum Gasteiger partial charge on any atom is -0.374 e. The Labute approximate surface area is 205 Å². The predicted octanol–water partition coefficient (Wildman–Crippen LogP) is 5.17. The number of benzene rings is 2. The minimum atomic E-state index is -0.457. The fourth-order valence-corrected chi connectivity index (χ4v) is 5.74. The number of anilines is 1. The van der Waals surface area contributed by atoms with Crippen molar-refractivity contribution in [3.63, 3.8) is 0 Å². The van der Waals surface area contributed by atoms with E-state index in [4.69, 9.17) is 4.74 Å². The molecule has 2 aromatic rings. The number of nitrogens with one attached hydrogen (secondary N) is 1. The fourth-order valence-electron chi connectivity index (χ4n) is 5.74. The summed E-state index contributed by atoms with van der Waals surface area (Å²) in [5, 5.41) is 3.28. The Morgan fingerprint density at radius 2 is 1.59 bits per heavy atom. The Hall–Kier alpha value is -2.21. The van der Waals surface area contributed by atoms with Crippen LogP contribution in [0.25, 0.3) is 0 Å². The van der Waals surface area contributed by atoms with E-state index in [-0.39, 0.29) is 5.91 Å². The highest BCUT2D eigenvalue weighted by molar-refractivity contribution is 5.99. The van der Waals surface area contributed by atoms with Crippen LogP contribution in [0.2, 0.25) is 0 Å². The number of piperidine rings is 1.